The Hall–Kier alpha value is -1.29. The number of imidazole rings is 1. The van der Waals surface area contributed by atoms with Crippen LogP contribution in [0.2, 0.25) is 5.15 Å². The van der Waals surface area contributed by atoms with Gasteiger partial charge < -0.3 is 9.72 Å². The molecule has 4 nitrogen and oxygen atoms in total. The number of aromatic nitrogens is 3. The summed E-state index contributed by atoms with van der Waals surface area (Å²) in [5.41, 5.74) is 1.52. The second-order valence-electron chi connectivity index (χ2n) is 2.25. The molecule has 2 aromatic rings. The van der Waals surface area contributed by atoms with Gasteiger partial charge in [-0.2, -0.15) is 0 Å². The molecule has 0 aromatic carbocycles. The molecular weight excluding hydrogens is 178 g/mol. The van der Waals surface area contributed by atoms with Gasteiger partial charge in [0.1, 0.15) is 5.52 Å². The second-order valence-corrected chi connectivity index (χ2v) is 2.61. The summed E-state index contributed by atoms with van der Waals surface area (Å²) in [5.74, 6) is 0.510. The van der Waals surface area contributed by atoms with E-state index in [4.69, 9.17) is 16.3 Å². The van der Waals surface area contributed by atoms with Crippen molar-refractivity contribution in [3.63, 3.8) is 0 Å². The van der Waals surface area contributed by atoms with Gasteiger partial charge in [-0.3, -0.25) is 0 Å². The summed E-state index contributed by atoms with van der Waals surface area (Å²) >= 11 is 5.77. The molecule has 0 aliphatic carbocycles. The predicted octanol–water partition coefficient (Wildman–Crippen LogP) is 1.62. The molecule has 0 aliphatic rings. The fourth-order valence-electron chi connectivity index (χ4n) is 1.04. The van der Waals surface area contributed by atoms with E-state index >= 15 is 0 Å². The minimum absolute atomic E-state index is 0.331. The van der Waals surface area contributed by atoms with Gasteiger partial charge >= 0.3 is 0 Å². The molecule has 0 amide bonds. The largest absolute Gasteiger partial charge is 0.491 e. The number of nitrogens with one attached hydrogen (secondary N) is 1. The first kappa shape index (κ1) is 7.36. The molecule has 0 unspecified atom stereocenters. The third kappa shape index (κ3) is 0.921. The van der Waals surface area contributed by atoms with Gasteiger partial charge in [0.05, 0.1) is 25.2 Å². The number of methoxy groups -OCH3 is 1. The SMILES string of the molecule is COc1c(Cl)ncc2[nH]cnc12. The monoisotopic (exact) mass is 183 g/mol. The highest BCUT2D eigenvalue weighted by atomic mass is 35.5. The van der Waals surface area contributed by atoms with E-state index in [-0.39, 0.29) is 0 Å². The van der Waals surface area contributed by atoms with Crippen molar-refractivity contribution in [1.82, 2.24) is 15.0 Å². The van der Waals surface area contributed by atoms with Crippen LogP contribution in [-0.2, 0) is 0 Å². The first-order valence-corrected chi connectivity index (χ1v) is 3.72. The van der Waals surface area contributed by atoms with Crippen molar-refractivity contribution in [1.29, 1.82) is 0 Å². The van der Waals surface area contributed by atoms with E-state index in [1.54, 1.807) is 12.5 Å². The number of hydrogen-bond acceptors (Lipinski definition) is 3. The van der Waals surface area contributed by atoms with E-state index in [0.29, 0.717) is 16.4 Å². The molecule has 0 spiro atoms. The van der Waals surface area contributed by atoms with Crippen LogP contribution >= 0.6 is 11.6 Å². The summed E-state index contributed by atoms with van der Waals surface area (Å²) in [5, 5.41) is 0.331. The van der Waals surface area contributed by atoms with Crippen LogP contribution in [0.25, 0.3) is 11.0 Å². The van der Waals surface area contributed by atoms with Gasteiger partial charge in [0, 0.05) is 0 Å². The van der Waals surface area contributed by atoms with Crippen molar-refractivity contribution in [2.24, 2.45) is 0 Å². The lowest BCUT2D eigenvalue weighted by molar-refractivity contribution is 0.417. The normalized spacial score (nSPS) is 10.5. The maximum absolute atomic E-state index is 5.77. The van der Waals surface area contributed by atoms with Crippen LogP contribution in [-0.4, -0.2) is 22.1 Å². The first-order valence-electron chi connectivity index (χ1n) is 3.34. The van der Waals surface area contributed by atoms with Crippen LogP contribution in [0.1, 0.15) is 0 Å². The van der Waals surface area contributed by atoms with Crippen molar-refractivity contribution in [3.05, 3.63) is 17.7 Å². The highest BCUT2D eigenvalue weighted by molar-refractivity contribution is 6.31. The molecule has 0 saturated heterocycles. The van der Waals surface area contributed by atoms with Crippen LogP contribution in [0.5, 0.6) is 5.75 Å². The van der Waals surface area contributed by atoms with E-state index < -0.39 is 0 Å². The molecule has 2 aromatic heterocycles. The van der Waals surface area contributed by atoms with E-state index in [1.807, 2.05) is 0 Å². The third-order valence-corrected chi connectivity index (χ3v) is 1.85. The molecule has 0 fully saturated rings. The lowest BCUT2D eigenvalue weighted by atomic mass is 10.4. The van der Waals surface area contributed by atoms with Crippen molar-refractivity contribution in [3.8, 4) is 5.75 Å². The smallest absolute Gasteiger partial charge is 0.184 e. The molecule has 62 valence electrons. The van der Waals surface area contributed by atoms with Crippen LogP contribution in [0, 0.1) is 0 Å². The van der Waals surface area contributed by atoms with Gasteiger partial charge in [-0.15, -0.1) is 0 Å². The zero-order valence-corrected chi connectivity index (χ0v) is 7.09. The van der Waals surface area contributed by atoms with Gasteiger partial charge in [-0.1, -0.05) is 11.6 Å². The Kier molecular flexibility index (Phi) is 1.62. The molecule has 2 heterocycles. The van der Waals surface area contributed by atoms with E-state index in [0.717, 1.165) is 5.52 Å². The molecule has 0 aliphatic heterocycles. The molecule has 12 heavy (non-hydrogen) atoms. The zero-order valence-electron chi connectivity index (χ0n) is 6.34. The number of nitrogens with zero attached hydrogens (tertiary/aromatic N) is 2. The van der Waals surface area contributed by atoms with Gasteiger partial charge in [0.2, 0.25) is 0 Å². The highest BCUT2D eigenvalue weighted by Crippen LogP contribution is 2.28. The summed E-state index contributed by atoms with van der Waals surface area (Å²) in [4.78, 5) is 10.9. The van der Waals surface area contributed by atoms with Crippen LogP contribution in [0.3, 0.4) is 0 Å². The Morgan fingerprint density at radius 3 is 3.08 bits per heavy atom. The topological polar surface area (TPSA) is 50.8 Å². The van der Waals surface area contributed by atoms with Gasteiger partial charge in [0.25, 0.3) is 0 Å². The Bertz CT molecular complexity index is 412. The maximum Gasteiger partial charge on any atom is 0.184 e. The summed E-state index contributed by atoms with van der Waals surface area (Å²) in [7, 11) is 1.54. The third-order valence-electron chi connectivity index (χ3n) is 1.58. The molecule has 0 saturated carbocycles. The van der Waals surface area contributed by atoms with Gasteiger partial charge in [-0.05, 0) is 0 Å². The van der Waals surface area contributed by atoms with Gasteiger partial charge in [-0.25, -0.2) is 9.97 Å². The molecule has 0 bridgehead atoms. The number of pyridine rings is 1. The molecule has 0 atom stereocenters. The number of ether oxygens (including phenoxy) is 1. The summed E-state index contributed by atoms with van der Waals surface area (Å²) < 4.78 is 5.04. The zero-order chi connectivity index (χ0) is 8.55. The minimum atomic E-state index is 0.331. The number of halogens is 1. The second kappa shape index (κ2) is 2.64. The van der Waals surface area contributed by atoms with Crippen LogP contribution < -0.4 is 4.74 Å². The van der Waals surface area contributed by atoms with Crippen molar-refractivity contribution in [2.45, 2.75) is 0 Å². The summed E-state index contributed by atoms with van der Waals surface area (Å²) in [6, 6.07) is 0. The predicted molar refractivity (Wildman–Crippen MR) is 45.5 cm³/mol. The quantitative estimate of drug-likeness (QED) is 0.684. The number of aromatic amines is 1. The Balaban J connectivity index is 2.83. The van der Waals surface area contributed by atoms with Crippen LogP contribution in [0.4, 0.5) is 0 Å². The lowest BCUT2D eigenvalue weighted by Crippen LogP contribution is -1.88. The number of H-pyrrole nitrogens is 1. The number of hydrogen-bond donors (Lipinski definition) is 1. The van der Waals surface area contributed by atoms with E-state index in [1.165, 1.54) is 7.11 Å². The molecule has 1 N–H and O–H groups in total. The van der Waals surface area contributed by atoms with Crippen molar-refractivity contribution in [2.75, 3.05) is 7.11 Å². The van der Waals surface area contributed by atoms with Crippen molar-refractivity contribution >= 4 is 22.6 Å². The Morgan fingerprint density at radius 1 is 1.50 bits per heavy atom. The van der Waals surface area contributed by atoms with E-state index in [2.05, 4.69) is 15.0 Å². The number of fused-ring (bicyclic) bond motifs is 1. The summed E-state index contributed by atoms with van der Waals surface area (Å²) in [6.45, 7) is 0. The Morgan fingerprint density at radius 2 is 2.33 bits per heavy atom. The minimum Gasteiger partial charge on any atom is -0.491 e. The molecular formula is C7H6ClN3O. The summed E-state index contributed by atoms with van der Waals surface area (Å²) in [6.07, 6.45) is 3.19. The van der Waals surface area contributed by atoms with E-state index in [9.17, 15) is 0 Å². The Labute approximate surface area is 73.5 Å². The molecule has 5 heteroatoms. The van der Waals surface area contributed by atoms with Crippen LogP contribution in [0.15, 0.2) is 12.5 Å². The average molecular weight is 184 g/mol. The fourth-order valence-corrected chi connectivity index (χ4v) is 1.26. The highest BCUT2D eigenvalue weighted by Gasteiger charge is 2.08. The molecule has 2 rings (SSSR count). The standard InChI is InChI=1S/C7H6ClN3O/c1-12-6-5-4(10-3-11-5)2-9-7(6)8/h2-3H,1H3,(H,10,11). The fraction of sp³-hybridized carbons (Fsp3) is 0.143. The maximum atomic E-state index is 5.77. The number of rotatable bonds is 1. The van der Waals surface area contributed by atoms with Gasteiger partial charge in [0.15, 0.2) is 10.9 Å². The molecule has 0 radical (unpaired) electrons. The average Bonchev–Trinajstić information content (AvgIpc) is 2.52. The first-order chi connectivity index (χ1) is 5.83. The lowest BCUT2D eigenvalue weighted by Gasteiger charge is -2.00. The van der Waals surface area contributed by atoms with Crippen molar-refractivity contribution < 1.29 is 4.74 Å².